The second kappa shape index (κ2) is 6.95. The fraction of sp³-hybridized carbons (Fsp3) is 0.571. The molecule has 0 bridgehead atoms. The summed E-state index contributed by atoms with van der Waals surface area (Å²) < 4.78 is 30.7. The molecule has 1 aromatic rings. The molecule has 0 aromatic heterocycles. The molecule has 0 aliphatic carbocycles. The molecule has 1 aromatic carbocycles. The Balaban J connectivity index is 2.51. The standard InChI is InChI=1S/C14H24N2O3S/c1-5-20(17,18)16-13-8-6-12(7-9-13)15-11-10-14(2,3)19-4/h6-9,15-16H,5,10-11H2,1-4H3. The first-order valence-corrected chi connectivity index (χ1v) is 8.33. The van der Waals surface area contributed by atoms with Crippen molar-refractivity contribution in [1.29, 1.82) is 0 Å². The van der Waals surface area contributed by atoms with Gasteiger partial charge in [-0.05, 0) is 51.5 Å². The SMILES string of the molecule is CCS(=O)(=O)Nc1ccc(NCCC(C)(C)OC)cc1. The maximum atomic E-state index is 11.4. The van der Waals surface area contributed by atoms with Crippen molar-refractivity contribution in [2.75, 3.05) is 29.4 Å². The summed E-state index contributed by atoms with van der Waals surface area (Å²) in [5.41, 5.74) is 1.38. The topological polar surface area (TPSA) is 67.4 Å². The molecular weight excluding hydrogens is 276 g/mol. The number of benzene rings is 1. The molecule has 0 saturated carbocycles. The second-order valence-electron chi connectivity index (χ2n) is 5.22. The van der Waals surface area contributed by atoms with E-state index >= 15 is 0 Å². The Labute approximate surface area is 121 Å². The van der Waals surface area contributed by atoms with Gasteiger partial charge in [0.15, 0.2) is 0 Å². The quantitative estimate of drug-likeness (QED) is 0.774. The number of hydrogen-bond acceptors (Lipinski definition) is 4. The van der Waals surface area contributed by atoms with Crippen LogP contribution < -0.4 is 10.0 Å². The van der Waals surface area contributed by atoms with Gasteiger partial charge in [0.1, 0.15) is 0 Å². The smallest absolute Gasteiger partial charge is 0.232 e. The van der Waals surface area contributed by atoms with E-state index < -0.39 is 10.0 Å². The van der Waals surface area contributed by atoms with Crippen LogP contribution in [-0.2, 0) is 14.8 Å². The van der Waals surface area contributed by atoms with Crippen LogP contribution >= 0.6 is 0 Å². The first-order chi connectivity index (χ1) is 9.28. The van der Waals surface area contributed by atoms with E-state index in [1.807, 2.05) is 26.0 Å². The van der Waals surface area contributed by atoms with E-state index in [9.17, 15) is 8.42 Å². The highest BCUT2D eigenvalue weighted by molar-refractivity contribution is 7.92. The molecule has 20 heavy (non-hydrogen) atoms. The summed E-state index contributed by atoms with van der Waals surface area (Å²) in [7, 11) is -1.51. The van der Waals surface area contributed by atoms with Crippen LogP contribution in [0.3, 0.4) is 0 Å². The molecule has 5 nitrogen and oxygen atoms in total. The van der Waals surface area contributed by atoms with E-state index in [4.69, 9.17) is 4.74 Å². The summed E-state index contributed by atoms with van der Waals surface area (Å²) in [5.74, 6) is 0.0686. The highest BCUT2D eigenvalue weighted by Crippen LogP contribution is 2.17. The van der Waals surface area contributed by atoms with E-state index in [1.54, 1.807) is 26.2 Å². The van der Waals surface area contributed by atoms with Gasteiger partial charge in [0.25, 0.3) is 0 Å². The Morgan fingerprint density at radius 2 is 1.70 bits per heavy atom. The molecule has 0 heterocycles. The zero-order valence-corrected chi connectivity index (χ0v) is 13.4. The van der Waals surface area contributed by atoms with Crippen LogP contribution in [0.5, 0.6) is 0 Å². The summed E-state index contributed by atoms with van der Waals surface area (Å²) in [5, 5.41) is 3.28. The molecule has 0 unspecified atom stereocenters. The summed E-state index contributed by atoms with van der Waals surface area (Å²) in [6.45, 7) is 6.48. The number of sulfonamides is 1. The number of rotatable bonds is 8. The lowest BCUT2D eigenvalue weighted by molar-refractivity contribution is 0.0185. The Hall–Kier alpha value is -1.27. The van der Waals surface area contributed by atoms with Crippen molar-refractivity contribution in [2.24, 2.45) is 0 Å². The molecule has 0 spiro atoms. The molecule has 2 N–H and O–H groups in total. The molecule has 0 aliphatic heterocycles. The minimum atomic E-state index is -3.21. The first-order valence-electron chi connectivity index (χ1n) is 6.67. The van der Waals surface area contributed by atoms with Crippen molar-refractivity contribution in [3.8, 4) is 0 Å². The Bertz CT molecular complexity index is 510. The number of hydrogen-bond donors (Lipinski definition) is 2. The van der Waals surface area contributed by atoms with Crippen LogP contribution in [0.4, 0.5) is 11.4 Å². The van der Waals surface area contributed by atoms with Crippen LogP contribution in [0.25, 0.3) is 0 Å². The lowest BCUT2D eigenvalue weighted by atomic mass is 10.1. The zero-order chi connectivity index (χ0) is 15.2. The molecule has 0 saturated heterocycles. The van der Waals surface area contributed by atoms with Gasteiger partial charge in [-0.25, -0.2) is 8.42 Å². The van der Waals surface area contributed by atoms with E-state index in [0.717, 1.165) is 18.7 Å². The average Bonchev–Trinajstić information content (AvgIpc) is 2.40. The number of ether oxygens (including phenoxy) is 1. The Morgan fingerprint density at radius 1 is 1.15 bits per heavy atom. The predicted octanol–water partition coefficient (Wildman–Crippen LogP) is 2.68. The van der Waals surface area contributed by atoms with Crippen LogP contribution in [0.2, 0.25) is 0 Å². The van der Waals surface area contributed by atoms with Crippen molar-refractivity contribution in [3.05, 3.63) is 24.3 Å². The van der Waals surface area contributed by atoms with E-state index in [1.165, 1.54) is 0 Å². The maximum Gasteiger partial charge on any atom is 0.232 e. The first kappa shape index (κ1) is 16.8. The van der Waals surface area contributed by atoms with Gasteiger partial charge in [-0.3, -0.25) is 4.72 Å². The van der Waals surface area contributed by atoms with Crippen LogP contribution in [0.15, 0.2) is 24.3 Å². The summed E-state index contributed by atoms with van der Waals surface area (Å²) in [6.07, 6.45) is 0.883. The van der Waals surface area contributed by atoms with Crippen molar-refractivity contribution < 1.29 is 13.2 Å². The predicted molar refractivity (Wildman–Crippen MR) is 83.7 cm³/mol. The third-order valence-electron chi connectivity index (χ3n) is 3.15. The van der Waals surface area contributed by atoms with Crippen molar-refractivity contribution in [3.63, 3.8) is 0 Å². The van der Waals surface area contributed by atoms with E-state index in [2.05, 4.69) is 10.0 Å². The molecule has 0 amide bonds. The Kier molecular flexibility index (Phi) is 5.83. The van der Waals surface area contributed by atoms with E-state index in [0.29, 0.717) is 5.69 Å². The van der Waals surface area contributed by atoms with Gasteiger partial charge in [-0.15, -0.1) is 0 Å². The summed E-state index contributed by atoms with van der Waals surface area (Å²) in [4.78, 5) is 0. The lowest BCUT2D eigenvalue weighted by Crippen LogP contribution is -2.25. The van der Waals surface area contributed by atoms with Gasteiger partial charge >= 0.3 is 0 Å². The molecule has 0 aliphatic rings. The number of anilines is 2. The molecule has 0 atom stereocenters. The number of nitrogens with one attached hydrogen (secondary N) is 2. The lowest BCUT2D eigenvalue weighted by Gasteiger charge is -2.23. The molecule has 0 radical (unpaired) electrons. The van der Waals surface area contributed by atoms with Gasteiger partial charge < -0.3 is 10.1 Å². The highest BCUT2D eigenvalue weighted by atomic mass is 32.2. The zero-order valence-electron chi connectivity index (χ0n) is 12.6. The molecule has 114 valence electrons. The highest BCUT2D eigenvalue weighted by Gasteiger charge is 2.15. The monoisotopic (exact) mass is 300 g/mol. The molecule has 6 heteroatoms. The van der Waals surface area contributed by atoms with Gasteiger partial charge in [0.2, 0.25) is 10.0 Å². The molecular formula is C14H24N2O3S. The maximum absolute atomic E-state index is 11.4. The third kappa shape index (κ3) is 5.79. The van der Waals surface area contributed by atoms with Crippen LogP contribution in [0, 0.1) is 0 Å². The fourth-order valence-electron chi connectivity index (χ4n) is 1.52. The fourth-order valence-corrected chi connectivity index (χ4v) is 2.16. The van der Waals surface area contributed by atoms with Crippen LogP contribution in [0.1, 0.15) is 27.2 Å². The minimum Gasteiger partial charge on any atom is -0.385 e. The van der Waals surface area contributed by atoms with Crippen molar-refractivity contribution >= 4 is 21.4 Å². The largest absolute Gasteiger partial charge is 0.385 e. The molecule has 1 rings (SSSR count). The van der Waals surface area contributed by atoms with E-state index in [-0.39, 0.29) is 11.4 Å². The summed E-state index contributed by atoms with van der Waals surface area (Å²) >= 11 is 0. The third-order valence-corrected chi connectivity index (χ3v) is 4.45. The van der Waals surface area contributed by atoms with Gasteiger partial charge in [0.05, 0.1) is 11.4 Å². The molecule has 0 fully saturated rings. The van der Waals surface area contributed by atoms with Crippen LogP contribution in [-0.4, -0.2) is 33.4 Å². The van der Waals surface area contributed by atoms with Crippen molar-refractivity contribution in [1.82, 2.24) is 0 Å². The summed E-state index contributed by atoms with van der Waals surface area (Å²) in [6, 6.07) is 7.20. The van der Waals surface area contributed by atoms with Gasteiger partial charge in [-0.1, -0.05) is 0 Å². The van der Waals surface area contributed by atoms with Gasteiger partial charge in [0, 0.05) is 25.0 Å². The average molecular weight is 300 g/mol. The van der Waals surface area contributed by atoms with Gasteiger partial charge in [-0.2, -0.15) is 0 Å². The second-order valence-corrected chi connectivity index (χ2v) is 7.23. The number of methoxy groups -OCH3 is 1. The minimum absolute atomic E-state index is 0.0686. The normalized spacial score (nSPS) is 12.2. The Morgan fingerprint density at radius 3 is 2.20 bits per heavy atom. The van der Waals surface area contributed by atoms with Crippen molar-refractivity contribution in [2.45, 2.75) is 32.8 Å².